The number of pyridine rings is 1. The highest BCUT2D eigenvalue weighted by Gasteiger charge is 2.13. The summed E-state index contributed by atoms with van der Waals surface area (Å²) in [5.74, 6) is 0.108. The highest BCUT2D eigenvalue weighted by molar-refractivity contribution is 5.10. The predicted octanol–water partition coefficient (Wildman–Crippen LogP) is 0.505. The van der Waals surface area contributed by atoms with E-state index in [0.717, 1.165) is 5.69 Å². The van der Waals surface area contributed by atoms with Crippen molar-refractivity contribution >= 4 is 0 Å². The van der Waals surface area contributed by atoms with Crippen LogP contribution in [0.25, 0.3) is 0 Å². The zero-order valence-corrected chi connectivity index (χ0v) is 7.14. The summed E-state index contributed by atoms with van der Waals surface area (Å²) in [6.07, 6.45) is 1.73. The van der Waals surface area contributed by atoms with Crippen LogP contribution in [0.15, 0.2) is 24.4 Å². The van der Waals surface area contributed by atoms with Gasteiger partial charge in [0.25, 0.3) is 0 Å². The largest absolute Gasteiger partial charge is 0.395 e. The van der Waals surface area contributed by atoms with E-state index in [0.29, 0.717) is 0 Å². The zero-order chi connectivity index (χ0) is 8.97. The Morgan fingerprint density at radius 1 is 1.58 bits per heavy atom. The SMILES string of the molecule is CC(c1ccccn1)[C@@H](N)CO. The summed E-state index contributed by atoms with van der Waals surface area (Å²) in [7, 11) is 0. The molecule has 1 heterocycles. The molecule has 0 saturated carbocycles. The van der Waals surface area contributed by atoms with Gasteiger partial charge in [-0.05, 0) is 12.1 Å². The summed E-state index contributed by atoms with van der Waals surface area (Å²) in [5, 5.41) is 8.81. The van der Waals surface area contributed by atoms with Crippen LogP contribution < -0.4 is 5.73 Å². The highest BCUT2D eigenvalue weighted by atomic mass is 16.3. The van der Waals surface area contributed by atoms with Gasteiger partial charge in [0.2, 0.25) is 0 Å². The van der Waals surface area contributed by atoms with Gasteiger partial charge in [0.15, 0.2) is 0 Å². The van der Waals surface area contributed by atoms with Gasteiger partial charge in [0, 0.05) is 23.9 Å². The molecule has 0 saturated heterocycles. The monoisotopic (exact) mass is 166 g/mol. The molecule has 0 aromatic carbocycles. The van der Waals surface area contributed by atoms with Gasteiger partial charge >= 0.3 is 0 Å². The fraction of sp³-hybridized carbons (Fsp3) is 0.444. The Kier molecular flexibility index (Phi) is 3.19. The van der Waals surface area contributed by atoms with Crippen molar-refractivity contribution in [1.29, 1.82) is 0 Å². The molecule has 0 aliphatic carbocycles. The number of aliphatic hydroxyl groups is 1. The summed E-state index contributed by atoms with van der Waals surface area (Å²) < 4.78 is 0. The minimum absolute atomic E-state index is 0.00224. The zero-order valence-electron chi connectivity index (χ0n) is 7.14. The summed E-state index contributed by atoms with van der Waals surface area (Å²) in [5.41, 5.74) is 6.59. The Morgan fingerprint density at radius 2 is 2.33 bits per heavy atom. The Hall–Kier alpha value is -0.930. The molecular formula is C9H14N2O. The number of hydrogen-bond donors (Lipinski definition) is 2. The molecule has 12 heavy (non-hydrogen) atoms. The summed E-state index contributed by atoms with van der Waals surface area (Å²) in [6, 6.07) is 5.48. The molecule has 1 rings (SSSR count). The third-order valence-corrected chi connectivity index (χ3v) is 2.01. The second kappa shape index (κ2) is 4.18. The van der Waals surface area contributed by atoms with Gasteiger partial charge in [-0.15, -0.1) is 0 Å². The van der Waals surface area contributed by atoms with Crippen molar-refractivity contribution in [1.82, 2.24) is 4.98 Å². The molecule has 0 spiro atoms. The second-order valence-corrected chi connectivity index (χ2v) is 2.89. The second-order valence-electron chi connectivity index (χ2n) is 2.89. The number of aromatic nitrogens is 1. The van der Waals surface area contributed by atoms with E-state index in [9.17, 15) is 0 Å². The van der Waals surface area contributed by atoms with Gasteiger partial charge in [-0.2, -0.15) is 0 Å². The summed E-state index contributed by atoms with van der Waals surface area (Å²) in [6.45, 7) is 1.96. The van der Waals surface area contributed by atoms with Crippen LogP contribution >= 0.6 is 0 Å². The van der Waals surface area contributed by atoms with Crippen LogP contribution in [0.3, 0.4) is 0 Å². The van der Waals surface area contributed by atoms with E-state index in [4.69, 9.17) is 10.8 Å². The van der Waals surface area contributed by atoms with Gasteiger partial charge in [-0.25, -0.2) is 0 Å². The molecule has 0 bridgehead atoms. The molecule has 0 radical (unpaired) electrons. The van der Waals surface area contributed by atoms with Crippen molar-refractivity contribution in [2.75, 3.05) is 6.61 Å². The summed E-state index contributed by atoms with van der Waals surface area (Å²) >= 11 is 0. The van der Waals surface area contributed by atoms with Crippen molar-refractivity contribution < 1.29 is 5.11 Å². The summed E-state index contributed by atoms with van der Waals surface area (Å²) in [4.78, 5) is 4.16. The van der Waals surface area contributed by atoms with Crippen molar-refractivity contribution in [2.45, 2.75) is 18.9 Å². The first-order chi connectivity index (χ1) is 5.75. The molecule has 1 unspecified atom stereocenters. The highest BCUT2D eigenvalue weighted by Crippen LogP contribution is 2.14. The van der Waals surface area contributed by atoms with Crippen LogP contribution in [0.1, 0.15) is 18.5 Å². The lowest BCUT2D eigenvalue weighted by Gasteiger charge is -2.16. The van der Waals surface area contributed by atoms with Crippen LogP contribution in [0.5, 0.6) is 0 Å². The number of nitrogens with two attached hydrogens (primary N) is 1. The lowest BCUT2D eigenvalue weighted by molar-refractivity contribution is 0.251. The number of aliphatic hydroxyl groups excluding tert-OH is 1. The average Bonchev–Trinajstić information content (AvgIpc) is 2.17. The topological polar surface area (TPSA) is 59.1 Å². The lowest BCUT2D eigenvalue weighted by atomic mass is 9.99. The van der Waals surface area contributed by atoms with Gasteiger partial charge in [-0.3, -0.25) is 4.98 Å². The Bertz CT molecular complexity index is 225. The molecule has 3 N–H and O–H groups in total. The molecule has 3 heteroatoms. The Labute approximate surface area is 72.2 Å². The third kappa shape index (κ3) is 2.03. The number of rotatable bonds is 3. The van der Waals surface area contributed by atoms with Crippen molar-refractivity contribution in [3.8, 4) is 0 Å². The number of nitrogens with zero attached hydrogens (tertiary/aromatic N) is 1. The maximum atomic E-state index is 8.81. The van der Waals surface area contributed by atoms with E-state index in [1.54, 1.807) is 6.20 Å². The maximum absolute atomic E-state index is 8.81. The minimum atomic E-state index is -0.222. The van der Waals surface area contributed by atoms with Crippen molar-refractivity contribution in [3.05, 3.63) is 30.1 Å². The molecule has 2 atom stereocenters. The smallest absolute Gasteiger partial charge is 0.0589 e. The average molecular weight is 166 g/mol. The van der Waals surface area contributed by atoms with Gasteiger partial charge in [0.05, 0.1) is 6.61 Å². The van der Waals surface area contributed by atoms with E-state index in [-0.39, 0.29) is 18.6 Å². The molecular weight excluding hydrogens is 152 g/mol. The van der Waals surface area contributed by atoms with Crippen molar-refractivity contribution in [3.63, 3.8) is 0 Å². The Morgan fingerprint density at radius 3 is 2.83 bits per heavy atom. The van der Waals surface area contributed by atoms with Crippen LogP contribution in [0.4, 0.5) is 0 Å². The fourth-order valence-corrected chi connectivity index (χ4v) is 1.02. The molecule has 1 aromatic heterocycles. The van der Waals surface area contributed by atoms with Crippen molar-refractivity contribution in [2.24, 2.45) is 5.73 Å². The number of hydrogen-bond acceptors (Lipinski definition) is 3. The van der Waals surface area contributed by atoms with Crippen LogP contribution in [-0.4, -0.2) is 22.7 Å². The Balaban J connectivity index is 2.71. The van der Waals surface area contributed by atoms with E-state index in [1.807, 2.05) is 25.1 Å². The molecule has 0 aliphatic heterocycles. The first kappa shape index (κ1) is 9.16. The fourth-order valence-electron chi connectivity index (χ4n) is 1.02. The lowest BCUT2D eigenvalue weighted by Crippen LogP contribution is -2.30. The maximum Gasteiger partial charge on any atom is 0.0589 e. The minimum Gasteiger partial charge on any atom is -0.395 e. The molecule has 1 aromatic rings. The van der Waals surface area contributed by atoms with Gasteiger partial charge in [-0.1, -0.05) is 13.0 Å². The molecule has 66 valence electrons. The van der Waals surface area contributed by atoms with Gasteiger partial charge in [0.1, 0.15) is 0 Å². The van der Waals surface area contributed by atoms with E-state index in [1.165, 1.54) is 0 Å². The molecule has 0 amide bonds. The van der Waals surface area contributed by atoms with Crippen LogP contribution in [0.2, 0.25) is 0 Å². The molecule has 0 fully saturated rings. The predicted molar refractivity (Wildman–Crippen MR) is 47.7 cm³/mol. The van der Waals surface area contributed by atoms with E-state index < -0.39 is 0 Å². The van der Waals surface area contributed by atoms with Crippen LogP contribution in [-0.2, 0) is 0 Å². The van der Waals surface area contributed by atoms with Crippen LogP contribution in [0, 0.1) is 0 Å². The first-order valence-electron chi connectivity index (χ1n) is 4.03. The van der Waals surface area contributed by atoms with E-state index in [2.05, 4.69) is 4.98 Å². The quantitative estimate of drug-likeness (QED) is 0.687. The van der Waals surface area contributed by atoms with Gasteiger partial charge < -0.3 is 10.8 Å². The normalized spacial score (nSPS) is 15.6. The van der Waals surface area contributed by atoms with E-state index >= 15 is 0 Å². The standard InChI is InChI=1S/C9H14N2O/c1-7(8(10)6-12)9-4-2-3-5-11-9/h2-5,7-8,12H,6,10H2,1H3/t7?,8-/m0/s1. The third-order valence-electron chi connectivity index (χ3n) is 2.01. The molecule has 3 nitrogen and oxygen atoms in total. The molecule has 0 aliphatic rings. The first-order valence-corrected chi connectivity index (χ1v) is 4.03.